The number of carbonyl (C=O) groups excluding carboxylic acids is 2. The highest BCUT2D eigenvalue weighted by molar-refractivity contribution is 6.05. The number of aliphatic hydroxyl groups is 1. The third kappa shape index (κ3) is 3.76. The smallest absolute Gasteiger partial charge is 0.415 e. The number of hydrogen-bond donors (Lipinski definition) is 2. The molecule has 0 bridgehead atoms. The predicted molar refractivity (Wildman–Crippen MR) is 114 cm³/mol. The molecule has 1 unspecified atom stereocenters. The van der Waals surface area contributed by atoms with E-state index in [2.05, 4.69) is 11.9 Å². The largest absolute Gasteiger partial charge is 0.428 e. The Morgan fingerprint density at radius 3 is 2.20 bits per heavy atom. The molecule has 3 rings (SSSR count). The van der Waals surface area contributed by atoms with Crippen LogP contribution < -0.4 is 5.32 Å². The second kappa shape index (κ2) is 8.05. The van der Waals surface area contributed by atoms with Crippen molar-refractivity contribution in [3.8, 4) is 0 Å². The van der Waals surface area contributed by atoms with Gasteiger partial charge in [0.2, 0.25) is 5.60 Å². The highest BCUT2D eigenvalue weighted by Crippen LogP contribution is 2.36. The number of benzene rings is 1. The average molecular weight is 409 g/mol. The first-order chi connectivity index (χ1) is 14.1. The van der Waals surface area contributed by atoms with Gasteiger partial charge in [0, 0.05) is 5.57 Å². The van der Waals surface area contributed by atoms with E-state index in [1.165, 1.54) is 0 Å². The van der Waals surface area contributed by atoms with Crippen LogP contribution in [-0.2, 0) is 19.9 Å². The molecule has 2 aliphatic rings. The lowest BCUT2D eigenvalue weighted by Gasteiger charge is -2.36. The maximum Gasteiger partial charge on any atom is 0.415 e. The van der Waals surface area contributed by atoms with Gasteiger partial charge in [-0.15, -0.1) is 0 Å². The molecule has 2 N–H and O–H groups in total. The second-order valence-corrected chi connectivity index (χ2v) is 7.76. The number of ether oxygens (including phenoxy) is 2. The molecule has 0 aromatic heterocycles. The monoisotopic (exact) mass is 409 g/mol. The number of alkyl carbamates (subject to hydrolysis) is 1. The summed E-state index contributed by atoms with van der Waals surface area (Å²) < 4.78 is 10.5. The van der Waals surface area contributed by atoms with Crippen LogP contribution in [0.3, 0.4) is 0 Å². The minimum Gasteiger partial charge on any atom is -0.428 e. The Kier molecular flexibility index (Phi) is 5.83. The van der Waals surface area contributed by atoms with E-state index in [9.17, 15) is 14.7 Å². The first kappa shape index (κ1) is 21.7. The van der Waals surface area contributed by atoms with Crippen molar-refractivity contribution in [2.45, 2.75) is 38.9 Å². The summed E-state index contributed by atoms with van der Waals surface area (Å²) in [5.41, 5.74) is 2.34. The zero-order valence-corrected chi connectivity index (χ0v) is 17.7. The molecule has 158 valence electrons. The molecule has 2 fully saturated rings. The van der Waals surface area contributed by atoms with E-state index < -0.39 is 23.2 Å². The van der Waals surface area contributed by atoms with Gasteiger partial charge in [0.25, 0.3) is 5.91 Å². The molecule has 0 saturated carbocycles. The summed E-state index contributed by atoms with van der Waals surface area (Å²) in [6.45, 7) is 11.8. The van der Waals surface area contributed by atoms with Crippen LogP contribution in [0.15, 0.2) is 65.8 Å². The van der Waals surface area contributed by atoms with Crippen molar-refractivity contribution in [1.29, 1.82) is 0 Å². The topological polar surface area (TPSA) is 84.9 Å². The second-order valence-electron chi connectivity index (χ2n) is 7.76. The van der Waals surface area contributed by atoms with Gasteiger partial charge in [-0.05, 0) is 56.0 Å². The maximum absolute atomic E-state index is 12.4. The Balaban J connectivity index is 1.98. The van der Waals surface area contributed by atoms with Gasteiger partial charge in [0.1, 0.15) is 5.60 Å². The highest BCUT2D eigenvalue weighted by atomic mass is 16.6. The summed E-state index contributed by atoms with van der Waals surface area (Å²) in [7, 11) is 0. The van der Waals surface area contributed by atoms with E-state index in [4.69, 9.17) is 9.47 Å². The van der Waals surface area contributed by atoms with Crippen molar-refractivity contribution in [2.75, 3.05) is 13.2 Å². The number of amides is 2. The van der Waals surface area contributed by atoms with Crippen LogP contribution in [-0.4, -0.2) is 35.9 Å². The number of imide groups is 1. The fourth-order valence-electron chi connectivity index (χ4n) is 3.69. The predicted octanol–water partition coefficient (Wildman–Crippen LogP) is 3.78. The molecule has 2 amide bonds. The standard InChI is InChI=1S/C24H27NO5/c1-6-16(17-8-10-18(11-9-17)24(28)13-29-14-24)12-19(15(3)4)20(7-2)23(5)21(26)25-22(27)30-23/h6-12,28H,3,13-14H2,1-2,4-5H3,(H,25,26,27)/b16-6+,19-12+,20-7+. The Morgan fingerprint density at radius 2 is 1.80 bits per heavy atom. The average Bonchev–Trinajstić information content (AvgIpc) is 2.95. The van der Waals surface area contributed by atoms with Crippen LogP contribution in [0.25, 0.3) is 5.57 Å². The molecule has 2 heterocycles. The van der Waals surface area contributed by atoms with Crippen molar-refractivity contribution in [3.05, 3.63) is 76.9 Å². The van der Waals surface area contributed by atoms with Crippen LogP contribution in [0.1, 0.15) is 38.8 Å². The Bertz CT molecular complexity index is 979. The van der Waals surface area contributed by atoms with Gasteiger partial charge >= 0.3 is 6.09 Å². The van der Waals surface area contributed by atoms with Crippen molar-refractivity contribution in [1.82, 2.24) is 5.32 Å². The van der Waals surface area contributed by atoms with Gasteiger partial charge in [-0.1, -0.05) is 48.6 Å². The first-order valence-corrected chi connectivity index (χ1v) is 9.81. The molecule has 0 spiro atoms. The lowest BCUT2D eigenvalue weighted by Crippen LogP contribution is -2.46. The van der Waals surface area contributed by atoms with Crippen LogP contribution >= 0.6 is 0 Å². The molecule has 6 heteroatoms. The van der Waals surface area contributed by atoms with Gasteiger partial charge in [0.15, 0.2) is 0 Å². The number of cyclic esters (lactones) is 1. The van der Waals surface area contributed by atoms with Crippen molar-refractivity contribution >= 4 is 17.6 Å². The molecule has 30 heavy (non-hydrogen) atoms. The lowest BCUT2D eigenvalue weighted by molar-refractivity contribution is -0.184. The molecule has 1 aromatic rings. The summed E-state index contributed by atoms with van der Waals surface area (Å²) in [6.07, 6.45) is 4.89. The Hall–Kier alpha value is -2.96. The van der Waals surface area contributed by atoms with E-state index in [1.807, 2.05) is 50.3 Å². The van der Waals surface area contributed by atoms with Crippen LogP contribution in [0.5, 0.6) is 0 Å². The number of rotatable bonds is 6. The normalized spacial score (nSPS) is 24.2. The molecule has 0 radical (unpaired) electrons. The van der Waals surface area contributed by atoms with Gasteiger partial charge in [-0.2, -0.15) is 0 Å². The van der Waals surface area contributed by atoms with Gasteiger partial charge < -0.3 is 14.6 Å². The van der Waals surface area contributed by atoms with E-state index >= 15 is 0 Å². The molecule has 6 nitrogen and oxygen atoms in total. The van der Waals surface area contributed by atoms with Crippen molar-refractivity contribution < 1.29 is 24.2 Å². The summed E-state index contributed by atoms with van der Waals surface area (Å²) in [6, 6.07) is 7.65. The molecule has 0 aliphatic carbocycles. The summed E-state index contributed by atoms with van der Waals surface area (Å²) in [5.74, 6) is -0.505. The first-order valence-electron chi connectivity index (χ1n) is 9.81. The number of carbonyl (C=O) groups is 2. The molecule has 1 aromatic carbocycles. The molecule has 2 aliphatic heterocycles. The Labute approximate surface area is 176 Å². The van der Waals surface area contributed by atoms with E-state index in [0.29, 0.717) is 24.4 Å². The number of allylic oxidation sites excluding steroid dienone is 5. The fraction of sp³-hybridized carbons (Fsp3) is 0.333. The van der Waals surface area contributed by atoms with Crippen LogP contribution in [0.2, 0.25) is 0 Å². The zero-order chi connectivity index (χ0) is 22.1. The highest BCUT2D eigenvalue weighted by Gasteiger charge is 2.48. The molecular formula is C24H27NO5. The minimum atomic E-state index is -1.42. The third-order valence-corrected chi connectivity index (χ3v) is 5.55. The molecular weight excluding hydrogens is 382 g/mol. The van der Waals surface area contributed by atoms with Gasteiger partial charge in [-0.25, -0.2) is 4.79 Å². The van der Waals surface area contributed by atoms with Crippen molar-refractivity contribution in [2.24, 2.45) is 0 Å². The SMILES string of the molecule is C=C(C)C(=C\C(=C/C)c1ccc(C2(O)COC2)cc1)/C(=C\C)C1(C)OC(=O)NC1=O. The van der Waals surface area contributed by atoms with Crippen molar-refractivity contribution in [3.63, 3.8) is 0 Å². The number of nitrogens with one attached hydrogen (secondary N) is 1. The van der Waals surface area contributed by atoms with E-state index in [0.717, 1.165) is 22.3 Å². The Morgan fingerprint density at radius 1 is 1.17 bits per heavy atom. The van der Waals surface area contributed by atoms with E-state index in [-0.39, 0.29) is 0 Å². The summed E-state index contributed by atoms with van der Waals surface area (Å²) >= 11 is 0. The molecule has 1 atom stereocenters. The fourth-order valence-corrected chi connectivity index (χ4v) is 3.69. The van der Waals surface area contributed by atoms with E-state index in [1.54, 1.807) is 19.9 Å². The number of hydrogen-bond acceptors (Lipinski definition) is 5. The van der Waals surface area contributed by atoms with Crippen LogP contribution in [0.4, 0.5) is 4.79 Å². The third-order valence-electron chi connectivity index (χ3n) is 5.55. The van der Waals surface area contributed by atoms with Gasteiger partial charge in [0.05, 0.1) is 13.2 Å². The summed E-state index contributed by atoms with van der Waals surface area (Å²) in [4.78, 5) is 24.1. The minimum absolute atomic E-state index is 0.298. The zero-order valence-electron chi connectivity index (χ0n) is 17.7. The van der Waals surface area contributed by atoms with Gasteiger partial charge in [-0.3, -0.25) is 10.1 Å². The van der Waals surface area contributed by atoms with Crippen LogP contribution in [0, 0.1) is 0 Å². The molecule has 2 saturated heterocycles. The maximum atomic E-state index is 12.4. The summed E-state index contributed by atoms with van der Waals surface area (Å²) in [5, 5.41) is 12.6. The lowest BCUT2D eigenvalue weighted by atomic mass is 9.84. The quantitative estimate of drug-likeness (QED) is 0.699.